The van der Waals surface area contributed by atoms with Crippen LogP contribution in [0.4, 0.5) is 0 Å². The van der Waals surface area contributed by atoms with Crippen LogP contribution in [0.3, 0.4) is 0 Å². The molecule has 0 fully saturated rings. The van der Waals surface area contributed by atoms with Gasteiger partial charge in [0.2, 0.25) is 0 Å². The van der Waals surface area contributed by atoms with Gasteiger partial charge < -0.3 is 4.55 Å². The van der Waals surface area contributed by atoms with Crippen LogP contribution in [-0.2, 0) is 11.1 Å². The first-order valence-corrected chi connectivity index (χ1v) is 10.7. The van der Waals surface area contributed by atoms with Crippen LogP contribution < -0.4 is 0 Å². The molecular weight excluding hydrogens is 423 g/mol. The van der Waals surface area contributed by atoms with Crippen molar-refractivity contribution in [2.45, 2.75) is 4.90 Å². The number of halogens is 2. The first-order valence-electron chi connectivity index (χ1n) is 8.87. The molecule has 4 aromatic rings. The van der Waals surface area contributed by atoms with Crippen LogP contribution in [0.1, 0.15) is 0 Å². The Morgan fingerprint density at radius 3 is 1.41 bits per heavy atom. The average molecular weight is 438 g/mol. The van der Waals surface area contributed by atoms with Crippen molar-refractivity contribution in [3.05, 3.63) is 101 Å². The van der Waals surface area contributed by atoms with Crippen LogP contribution >= 0.6 is 23.2 Å². The van der Waals surface area contributed by atoms with Crippen molar-refractivity contribution in [2.24, 2.45) is 0 Å². The summed E-state index contributed by atoms with van der Waals surface area (Å²) in [5, 5.41) is 1.33. The monoisotopic (exact) mass is 437 g/mol. The molecule has 1 atom stereocenters. The van der Waals surface area contributed by atoms with Crippen molar-refractivity contribution in [3.8, 4) is 33.4 Å². The number of hydrogen-bond donors (Lipinski definition) is 0. The Hall–Kier alpha value is -2.43. The first-order chi connectivity index (χ1) is 14.0. The molecule has 29 heavy (non-hydrogen) atoms. The molecule has 2 nitrogen and oxygen atoms in total. The Balaban J connectivity index is 1.71. The van der Waals surface area contributed by atoms with Gasteiger partial charge in [-0.15, -0.1) is 0 Å². The van der Waals surface area contributed by atoms with E-state index in [-0.39, 0.29) is 4.90 Å². The van der Waals surface area contributed by atoms with Crippen molar-refractivity contribution in [1.82, 2.24) is 0 Å². The summed E-state index contributed by atoms with van der Waals surface area (Å²) in [7, 11) is 0. The smallest absolute Gasteiger partial charge is 0.0406 e. The molecule has 5 heteroatoms. The zero-order valence-electron chi connectivity index (χ0n) is 15.1. The highest BCUT2D eigenvalue weighted by molar-refractivity contribution is 7.79. The lowest BCUT2D eigenvalue weighted by Crippen LogP contribution is -1.94. The van der Waals surface area contributed by atoms with E-state index in [0.717, 1.165) is 27.8 Å². The third-order valence-corrected chi connectivity index (χ3v) is 5.91. The molecule has 0 saturated carbocycles. The predicted molar refractivity (Wildman–Crippen MR) is 120 cm³/mol. The van der Waals surface area contributed by atoms with Crippen LogP contribution in [0.25, 0.3) is 33.4 Å². The van der Waals surface area contributed by atoms with E-state index in [0.29, 0.717) is 15.6 Å². The third-order valence-electron chi connectivity index (χ3n) is 4.71. The quantitative estimate of drug-likeness (QED) is 0.315. The fourth-order valence-corrected chi connectivity index (χ4v) is 4.05. The standard InChI is InChI=1S/C24H16Cl2O2S/c25-21-10-5-17(6-11-21)16-1-3-19(4-2-16)23-14-9-20(15-24(23)29(27)28)18-7-12-22(26)13-8-18/h1-15H,(H,27,28)/p-1. The molecular formula is C24H15Cl2O2S-. The van der Waals surface area contributed by atoms with Crippen LogP contribution in [0.2, 0.25) is 10.0 Å². The second-order valence-corrected chi connectivity index (χ2v) is 8.32. The van der Waals surface area contributed by atoms with Crippen molar-refractivity contribution < 1.29 is 8.76 Å². The van der Waals surface area contributed by atoms with Gasteiger partial charge in [-0.25, -0.2) is 0 Å². The van der Waals surface area contributed by atoms with E-state index in [1.807, 2.05) is 72.8 Å². The van der Waals surface area contributed by atoms with Crippen molar-refractivity contribution >= 4 is 34.3 Å². The fraction of sp³-hybridized carbons (Fsp3) is 0. The van der Waals surface area contributed by atoms with Gasteiger partial charge in [0.25, 0.3) is 0 Å². The van der Waals surface area contributed by atoms with Gasteiger partial charge in [-0.3, -0.25) is 4.21 Å². The average Bonchev–Trinajstić information content (AvgIpc) is 2.74. The number of rotatable bonds is 4. The SMILES string of the molecule is O=S([O-])c1cc(-c2ccc(Cl)cc2)ccc1-c1ccc(-c2ccc(Cl)cc2)cc1. The van der Waals surface area contributed by atoms with E-state index in [4.69, 9.17) is 23.2 Å². The highest BCUT2D eigenvalue weighted by Crippen LogP contribution is 2.32. The summed E-state index contributed by atoms with van der Waals surface area (Å²) in [4.78, 5) is 0.261. The number of hydrogen-bond acceptors (Lipinski definition) is 2. The van der Waals surface area contributed by atoms with Crippen LogP contribution in [0.15, 0.2) is 95.9 Å². The Bertz CT molecular complexity index is 1170. The Labute approximate surface area is 182 Å². The largest absolute Gasteiger partial charge is 0.768 e. The summed E-state index contributed by atoms with van der Waals surface area (Å²) >= 11 is 9.53. The molecule has 0 aliphatic carbocycles. The summed E-state index contributed by atoms with van der Waals surface area (Å²) in [5.41, 5.74) is 5.32. The lowest BCUT2D eigenvalue weighted by molar-refractivity contribution is 0.537. The normalized spacial score (nSPS) is 12.0. The van der Waals surface area contributed by atoms with E-state index < -0.39 is 11.1 Å². The second-order valence-electron chi connectivity index (χ2n) is 6.54. The van der Waals surface area contributed by atoms with Crippen molar-refractivity contribution in [1.29, 1.82) is 0 Å². The molecule has 4 aromatic carbocycles. The summed E-state index contributed by atoms with van der Waals surface area (Å²) < 4.78 is 23.8. The zero-order valence-corrected chi connectivity index (χ0v) is 17.5. The summed E-state index contributed by atoms with van der Waals surface area (Å²) in [6, 6.07) is 28.2. The second kappa shape index (κ2) is 8.52. The summed E-state index contributed by atoms with van der Waals surface area (Å²) in [6.07, 6.45) is 0. The molecule has 0 radical (unpaired) electrons. The maximum atomic E-state index is 11.9. The summed E-state index contributed by atoms with van der Waals surface area (Å²) in [5.74, 6) is 0. The zero-order chi connectivity index (χ0) is 20.4. The molecule has 0 aromatic heterocycles. The van der Waals surface area contributed by atoms with Gasteiger partial charge in [0, 0.05) is 14.9 Å². The molecule has 0 amide bonds. The van der Waals surface area contributed by atoms with Gasteiger partial charge in [-0.1, -0.05) is 83.9 Å². The van der Waals surface area contributed by atoms with Crippen LogP contribution in [0, 0.1) is 0 Å². The molecule has 0 N–H and O–H groups in total. The molecule has 144 valence electrons. The maximum Gasteiger partial charge on any atom is 0.0406 e. The molecule has 0 aliphatic heterocycles. The molecule has 0 aliphatic rings. The molecule has 0 heterocycles. The predicted octanol–water partition coefficient (Wildman–Crippen LogP) is 7.23. The van der Waals surface area contributed by atoms with Crippen molar-refractivity contribution in [3.63, 3.8) is 0 Å². The molecule has 0 saturated heterocycles. The molecule has 1 unspecified atom stereocenters. The first kappa shape index (κ1) is 19.9. The molecule has 0 bridgehead atoms. The fourth-order valence-electron chi connectivity index (χ4n) is 3.21. The Morgan fingerprint density at radius 1 is 0.552 bits per heavy atom. The third kappa shape index (κ3) is 4.44. The van der Waals surface area contributed by atoms with E-state index in [1.165, 1.54) is 0 Å². The molecule has 0 spiro atoms. The van der Waals surface area contributed by atoms with E-state index >= 15 is 0 Å². The van der Waals surface area contributed by atoms with Crippen LogP contribution in [-0.4, -0.2) is 8.76 Å². The van der Waals surface area contributed by atoms with Gasteiger partial charge >= 0.3 is 0 Å². The lowest BCUT2D eigenvalue weighted by atomic mass is 9.98. The lowest BCUT2D eigenvalue weighted by Gasteiger charge is -2.15. The highest BCUT2D eigenvalue weighted by atomic mass is 35.5. The maximum absolute atomic E-state index is 11.9. The minimum Gasteiger partial charge on any atom is -0.768 e. The van der Waals surface area contributed by atoms with Gasteiger partial charge in [0.1, 0.15) is 0 Å². The van der Waals surface area contributed by atoms with E-state index in [9.17, 15) is 8.76 Å². The van der Waals surface area contributed by atoms with Gasteiger partial charge in [-0.05, 0) is 74.8 Å². The Kier molecular flexibility index (Phi) is 5.84. The van der Waals surface area contributed by atoms with Crippen molar-refractivity contribution in [2.75, 3.05) is 0 Å². The molecule has 4 rings (SSSR count). The number of benzene rings is 4. The van der Waals surface area contributed by atoms with Gasteiger partial charge in [0.15, 0.2) is 0 Å². The topological polar surface area (TPSA) is 40.1 Å². The van der Waals surface area contributed by atoms with E-state index in [2.05, 4.69) is 0 Å². The van der Waals surface area contributed by atoms with Crippen LogP contribution in [0.5, 0.6) is 0 Å². The summed E-state index contributed by atoms with van der Waals surface area (Å²) in [6.45, 7) is 0. The van der Waals surface area contributed by atoms with Gasteiger partial charge in [-0.2, -0.15) is 0 Å². The van der Waals surface area contributed by atoms with E-state index in [1.54, 1.807) is 18.2 Å². The minimum atomic E-state index is -2.36. The highest BCUT2D eigenvalue weighted by Gasteiger charge is 2.09. The Morgan fingerprint density at radius 2 is 0.931 bits per heavy atom. The minimum absolute atomic E-state index is 0.261. The van der Waals surface area contributed by atoms with Gasteiger partial charge in [0.05, 0.1) is 0 Å².